The van der Waals surface area contributed by atoms with Crippen LogP contribution in [0.15, 0.2) is 24.3 Å². The Morgan fingerprint density at radius 3 is 2.62 bits per heavy atom. The van der Waals surface area contributed by atoms with Crippen molar-refractivity contribution in [2.75, 3.05) is 5.73 Å². The highest BCUT2D eigenvalue weighted by Gasteiger charge is 2.10. The van der Waals surface area contributed by atoms with Crippen LogP contribution in [-0.2, 0) is 0 Å². The molecule has 0 atom stereocenters. The normalized spacial score (nSPS) is 10.2. The number of anilines is 1. The minimum Gasteiger partial charge on any atom is -0.381 e. The number of nitrogens with zero attached hydrogens (tertiary/aromatic N) is 2. The highest BCUT2D eigenvalue weighted by Crippen LogP contribution is 2.25. The topological polar surface area (TPSA) is 51.8 Å². The van der Waals surface area contributed by atoms with Crippen molar-refractivity contribution in [2.24, 2.45) is 0 Å². The molecule has 5 heteroatoms. The van der Waals surface area contributed by atoms with E-state index >= 15 is 0 Å². The van der Waals surface area contributed by atoms with E-state index < -0.39 is 0 Å². The van der Waals surface area contributed by atoms with Gasteiger partial charge in [0.2, 0.25) is 0 Å². The number of hydrogen-bond donors (Lipinski definition) is 1. The molecule has 0 amide bonds. The highest BCUT2D eigenvalue weighted by molar-refractivity contribution is 6.99. The first-order valence-electron chi connectivity index (χ1n) is 3.62. The number of aromatic nitrogens is 2. The van der Waals surface area contributed by atoms with Gasteiger partial charge in [-0.1, -0.05) is 12.1 Å². The van der Waals surface area contributed by atoms with Crippen LogP contribution in [0.2, 0.25) is 0 Å². The smallest absolute Gasteiger partial charge is 0.165 e. The molecule has 0 aliphatic rings. The predicted molar refractivity (Wildman–Crippen MR) is 49.7 cm³/mol. The molecule has 0 radical (unpaired) electrons. The second-order valence-corrected chi connectivity index (χ2v) is 3.01. The molecule has 0 fully saturated rings. The van der Waals surface area contributed by atoms with Crippen molar-refractivity contribution in [2.45, 2.75) is 0 Å². The summed E-state index contributed by atoms with van der Waals surface area (Å²) >= 11 is 0.978. The first-order valence-corrected chi connectivity index (χ1v) is 4.35. The second kappa shape index (κ2) is 3.10. The Labute approximate surface area is 78.4 Å². The minimum absolute atomic E-state index is 0.273. The van der Waals surface area contributed by atoms with Gasteiger partial charge in [-0.05, 0) is 12.1 Å². The third kappa shape index (κ3) is 1.38. The summed E-state index contributed by atoms with van der Waals surface area (Å²) in [5.41, 5.74) is 6.33. The molecule has 0 unspecified atom stereocenters. The molecular formula is C8H6FN3S. The quantitative estimate of drug-likeness (QED) is 0.756. The number of nitrogens with two attached hydrogens (primary N) is 1. The molecule has 0 aliphatic carbocycles. The zero-order valence-electron chi connectivity index (χ0n) is 6.57. The van der Waals surface area contributed by atoms with E-state index in [1.807, 2.05) is 0 Å². The summed E-state index contributed by atoms with van der Waals surface area (Å²) in [5, 5.41) is 0. The van der Waals surface area contributed by atoms with Crippen LogP contribution in [0.1, 0.15) is 0 Å². The predicted octanol–water partition coefficient (Wildman–Crippen LogP) is 1.93. The number of halogens is 1. The molecule has 0 bridgehead atoms. The van der Waals surface area contributed by atoms with Gasteiger partial charge >= 0.3 is 0 Å². The minimum atomic E-state index is -0.332. The lowest BCUT2D eigenvalue weighted by molar-refractivity contribution is 0.631. The molecule has 66 valence electrons. The van der Waals surface area contributed by atoms with Crippen LogP contribution in [0.4, 0.5) is 10.2 Å². The van der Waals surface area contributed by atoms with Crippen LogP contribution >= 0.6 is 11.7 Å². The SMILES string of the molecule is Nc1nsnc1-c1ccccc1F. The third-order valence-corrected chi connectivity index (χ3v) is 2.19. The molecule has 1 aromatic heterocycles. The Bertz CT molecular complexity index is 427. The van der Waals surface area contributed by atoms with Crippen LogP contribution in [0.5, 0.6) is 0 Å². The summed E-state index contributed by atoms with van der Waals surface area (Å²) in [6.45, 7) is 0. The molecule has 2 aromatic rings. The van der Waals surface area contributed by atoms with Crippen LogP contribution in [0.25, 0.3) is 11.3 Å². The van der Waals surface area contributed by atoms with Crippen molar-refractivity contribution < 1.29 is 4.39 Å². The fraction of sp³-hybridized carbons (Fsp3) is 0. The van der Waals surface area contributed by atoms with Crippen LogP contribution in [-0.4, -0.2) is 8.75 Å². The van der Waals surface area contributed by atoms with Gasteiger partial charge in [0.25, 0.3) is 0 Å². The van der Waals surface area contributed by atoms with Crippen molar-refractivity contribution in [3.05, 3.63) is 30.1 Å². The number of nitrogen functional groups attached to an aromatic ring is 1. The molecule has 2 N–H and O–H groups in total. The Morgan fingerprint density at radius 2 is 2.00 bits per heavy atom. The largest absolute Gasteiger partial charge is 0.381 e. The van der Waals surface area contributed by atoms with Gasteiger partial charge in [-0.2, -0.15) is 8.75 Å². The summed E-state index contributed by atoms with van der Waals surface area (Å²) < 4.78 is 20.9. The van der Waals surface area contributed by atoms with Crippen LogP contribution in [0, 0.1) is 5.82 Å². The number of rotatable bonds is 1. The third-order valence-electron chi connectivity index (χ3n) is 1.64. The molecule has 3 nitrogen and oxygen atoms in total. The van der Waals surface area contributed by atoms with E-state index in [0.29, 0.717) is 11.3 Å². The van der Waals surface area contributed by atoms with Crippen molar-refractivity contribution in [1.29, 1.82) is 0 Å². The van der Waals surface area contributed by atoms with Gasteiger partial charge < -0.3 is 5.73 Å². The lowest BCUT2D eigenvalue weighted by Crippen LogP contribution is -1.90. The van der Waals surface area contributed by atoms with E-state index in [2.05, 4.69) is 8.75 Å². The Balaban J connectivity index is 2.59. The number of benzene rings is 1. The van der Waals surface area contributed by atoms with Gasteiger partial charge in [-0.3, -0.25) is 0 Å². The maximum atomic E-state index is 13.2. The molecule has 0 aliphatic heterocycles. The Morgan fingerprint density at radius 1 is 1.23 bits per heavy atom. The van der Waals surface area contributed by atoms with E-state index in [4.69, 9.17) is 5.73 Å². The van der Waals surface area contributed by atoms with E-state index in [9.17, 15) is 4.39 Å². The monoisotopic (exact) mass is 195 g/mol. The maximum absolute atomic E-state index is 13.2. The highest BCUT2D eigenvalue weighted by atomic mass is 32.1. The Kier molecular flexibility index (Phi) is 1.94. The van der Waals surface area contributed by atoms with Crippen LogP contribution in [0.3, 0.4) is 0 Å². The summed E-state index contributed by atoms with van der Waals surface area (Å²) in [4.78, 5) is 0. The van der Waals surface area contributed by atoms with E-state index in [-0.39, 0.29) is 11.6 Å². The van der Waals surface area contributed by atoms with Crippen molar-refractivity contribution in [3.8, 4) is 11.3 Å². The first kappa shape index (κ1) is 8.12. The maximum Gasteiger partial charge on any atom is 0.165 e. The molecule has 0 spiro atoms. The van der Waals surface area contributed by atoms with E-state index in [0.717, 1.165) is 11.7 Å². The Hall–Kier alpha value is -1.49. The average molecular weight is 195 g/mol. The fourth-order valence-corrected chi connectivity index (χ4v) is 1.52. The molecule has 1 heterocycles. The summed E-state index contributed by atoms with van der Waals surface area (Å²) in [6, 6.07) is 6.35. The lowest BCUT2D eigenvalue weighted by Gasteiger charge is -1.97. The molecule has 13 heavy (non-hydrogen) atoms. The summed E-state index contributed by atoms with van der Waals surface area (Å²) in [6.07, 6.45) is 0. The fourth-order valence-electron chi connectivity index (χ4n) is 1.04. The van der Waals surface area contributed by atoms with Gasteiger partial charge in [0.15, 0.2) is 5.82 Å². The standard InChI is InChI=1S/C8H6FN3S/c9-6-4-2-1-3-5(6)7-8(10)12-13-11-7/h1-4H,(H2,10,12). The average Bonchev–Trinajstić information content (AvgIpc) is 2.52. The molecule has 0 saturated carbocycles. The van der Waals surface area contributed by atoms with Gasteiger partial charge in [-0.25, -0.2) is 4.39 Å². The first-order chi connectivity index (χ1) is 6.29. The summed E-state index contributed by atoms with van der Waals surface area (Å²) in [7, 11) is 0. The zero-order chi connectivity index (χ0) is 9.26. The van der Waals surface area contributed by atoms with Crippen molar-refractivity contribution in [3.63, 3.8) is 0 Å². The van der Waals surface area contributed by atoms with Crippen molar-refractivity contribution in [1.82, 2.24) is 8.75 Å². The molecular weight excluding hydrogens is 189 g/mol. The zero-order valence-corrected chi connectivity index (χ0v) is 7.38. The molecule has 1 aromatic carbocycles. The lowest BCUT2D eigenvalue weighted by atomic mass is 10.1. The van der Waals surface area contributed by atoms with Gasteiger partial charge in [0.1, 0.15) is 11.5 Å². The summed E-state index contributed by atoms with van der Waals surface area (Å²) in [5.74, 6) is -0.0583. The van der Waals surface area contributed by atoms with Gasteiger partial charge in [-0.15, -0.1) is 0 Å². The molecule has 0 saturated heterocycles. The second-order valence-electron chi connectivity index (χ2n) is 2.48. The van der Waals surface area contributed by atoms with E-state index in [1.54, 1.807) is 18.2 Å². The molecule has 2 rings (SSSR count). The van der Waals surface area contributed by atoms with Gasteiger partial charge in [0.05, 0.1) is 11.7 Å². The van der Waals surface area contributed by atoms with Crippen LogP contribution < -0.4 is 5.73 Å². The van der Waals surface area contributed by atoms with Crippen molar-refractivity contribution >= 4 is 17.5 Å². The van der Waals surface area contributed by atoms with E-state index in [1.165, 1.54) is 6.07 Å². The number of hydrogen-bond acceptors (Lipinski definition) is 4. The van der Waals surface area contributed by atoms with Gasteiger partial charge in [0, 0.05) is 5.56 Å².